The van der Waals surface area contributed by atoms with E-state index in [0.29, 0.717) is 11.9 Å². The van der Waals surface area contributed by atoms with Crippen LogP contribution in [0.25, 0.3) is 0 Å². The topological polar surface area (TPSA) is 74.1 Å². The molecule has 0 aliphatic carbocycles. The van der Waals surface area contributed by atoms with Gasteiger partial charge in [0.05, 0.1) is 24.4 Å². The molecular formula is C20H23N5O2. The van der Waals surface area contributed by atoms with Crippen molar-refractivity contribution in [2.75, 3.05) is 6.61 Å². The second kappa shape index (κ2) is 8.28. The Hall–Kier alpha value is -2.77. The molecule has 27 heavy (non-hydrogen) atoms. The van der Waals surface area contributed by atoms with Crippen LogP contribution < -0.4 is 10.1 Å². The van der Waals surface area contributed by atoms with E-state index in [1.165, 1.54) is 5.56 Å². The van der Waals surface area contributed by atoms with Crippen LogP contribution in [0.1, 0.15) is 30.2 Å². The highest BCUT2D eigenvalue weighted by Crippen LogP contribution is 2.28. The molecule has 1 N–H and O–H groups in total. The van der Waals surface area contributed by atoms with Crippen LogP contribution in [0.2, 0.25) is 0 Å². The Morgan fingerprint density at radius 2 is 2.07 bits per heavy atom. The van der Waals surface area contributed by atoms with Crippen LogP contribution in [-0.2, 0) is 18.3 Å². The fourth-order valence-corrected chi connectivity index (χ4v) is 3.26. The summed E-state index contributed by atoms with van der Waals surface area (Å²) < 4.78 is 13.6. The Morgan fingerprint density at radius 3 is 2.81 bits per heavy atom. The van der Waals surface area contributed by atoms with Crippen molar-refractivity contribution in [2.45, 2.75) is 31.5 Å². The van der Waals surface area contributed by atoms with Gasteiger partial charge in [-0.15, -0.1) is 0 Å². The first-order valence-corrected chi connectivity index (χ1v) is 9.12. The van der Waals surface area contributed by atoms with Gasteiger partial charge in [0.25, 0.3) is 0 Å². The molecule has 1 aliphatic rings. The molecule has 0 bridgehead atoms. The Morgan fingerprint density at radius 1 is 1.19 bits per heavy atom. The van der Waals surface area contributed by atoms with Crippen LogP contribution >= 0.6 is 0 Å². The van der Waals surface area contributed by atoms with Crippen LogP contribution in [-0.4, -0.2) is 32.2 Å². The maximum absolute atomic E-state index is 5.93. The van der Waals surface area contributed by atoms with Gasteiger partial charge in [-0.05, 0) is 30.5 Å². The van der Waals surface area contributed by atoms with Gasteiger partial charge in [-0.3, -0.25) is 4.98 Å². The molecule has 0 saturated carbocycles. The van der Waals surface area contributed by atoms with Crippen molar-refractivity contribution in [3.05, 3.63) is 66.6 Å². The second-order valence-corrected chi connectivity index (χ2v) is 6.68. The number of nitrogens with zero attached hydrogens (tertiary/aromatic N) is 4. The lowest BCUT2D eigenvalue weighted by atomic mass is 10.0. The molecule has 1 fully saturated rings. The van der Waals surface area contributed by atoms with E-state index in [1.807, 2.05) is 36.3 Å². The summed E-state index contributed by atoms with van der Waals surface area (Å²) in [5.74, 6) is 1.24. The normalized spacial score (nSPS) is 19.7. The number of ether oxygens (including phenoxy) is 2. The molecule has 0 amide bonds. The summed E-state index contributed by atoms with van der Waals surface area (Å²) in [6, 6.07) is 8.46. The minimum atomic E-state index is 0.103. The number of imidazole rings is 1. The predicted molar refractivity (Wildman–Crippen MR) is 100 cm³/mol. The number of hydrogen-bond acceptors (Lipinski definition) is 6. The van der Waals surface area contributed by atoms with Gasteiger partial charge in [-0.2, -0.15) is 0 Å². The molecule has 4 rings (SSSR count). The molecule has 7 nitrogen and oxygen atoms in total. The van der Waals surface area contributed by atoms with E-state index in [1.54, 1.807) is 18.6 Å². The molecule has 3 aromatic rings. The summed E-state index contributed by atoms with van der Waals surface area (Å²) >= 11 is 0. The molecule has 0 radical (unpaired) electrons. The lowest BCUT2D eigenvalue weighted by molar-refractivity contribution is -0.00404. The zero-order valence-electron chi connectivity index (χ0n) is 15.3. The van der Waals surface area contributed by atoms with Gasteiger partial charge in [0, 0.05) is 38.6 Å². The lowest BCUT2D eigenvalue weighted by Gasteiger charge is -2.30. The van der Waals surface area contributed by atoms with Crippen molar-refractivity contribution in [1.82, 2.24) is 24.8 Å². The molecule has 2 atom stereocenters. The quantitative estimate of drug-likeness (QED) is 0.724. The van der Waals surface area contributed by atoms with Crippen molar-refractivity contribution >= 4 is 0 Å². The number of nitrogens with one attached hydrogen (secondary N) is 1. The average molecular weight is 365 g/mol. The highest BCUT2D eigenvalue weighted by Gasteiger charge is 2.25. The molecule has 7 heteroatoms. The Balaban J connectivity index is 1.30. The van der Waals surface area contributed by atoms with E-state index in [9.17, 15) is 0 Å². The van der Waals surface area contributed by atoms with Crippen molar-refractivity contribution in [3.8, 4) is 11.6 Å². The molecule has 2 aromatic heterocycles. The van der Waals surface area contributed by atoms with E-state index in [0.717, 1.165) is 37.4 Å². The molecular weight excluding hydrogens is 342 g/mol. The van der Waals surface area contributed by atoms with Crippen LogP contribution in [0, 0.1) is 0 Å². The molecule has 1 aromatic carbocycles. The summed E-state index contributed by atoms with van der Waals surface area (Å²) in [5, 5.41) is 3.65. The van der Waals surface area contributed by atoms with Crippen molar-refractivity contribution in [1.29, 1.82) is 0 Å². The maximum atomic E-state index is 5.93. The third-order valence-corrected chi connectivity index (χ3v) is 4.75. The van der Waals surface area contributed by atoms with E-state index in [2.05, 4.69) is 32.4 Å². The average Bonchev–Trinajstić information content (AvgIpc) is 3.14. The zero-order chi connectivity index (χ0) is 18.5. The predicted octanol–water partition coefficient (Wildman–Crippen LogP) is 3.01. The van der Waals surface area contributed by atoms with Gasteiger partial charge >= 0.3 is 0 Å². The lowest BCUT2D eigenvalue weighted by Crippen LogP contribution is -2.36. The van der Waals surface area contributed by atoms with E-state index in [-0.39, 0.29) is 6.10 Å². The number of rotatable bonds is 6. The Labute approximate surface area is 158 Å². The van der Waals surface area contributed by atoms with Crippen molar-refractivity contribution in [3.63, 3.8) is 0 Å². The highest BCUT2D eigenvalue weighted by molar-refractivity contribution is 5.29. The van der Waals surface area contributed by atoms with Gasteiger partial charge in [0.2, 0.25) is 5.88 Å². The molecule has 0 unspecified atom stereocenters. The van der Waals surface area contributed by atoms with Crippen LogP contribution in [0.4, 0.5) is 0 Å². The second-order valence-electron chi connectivity index (χ2n) is 6.68. The standard InChI is InChI=1S/C20H23N5O2/c1-25-14-22-12-18(25)19-10-16(6-9-26-19)24-11-15-2-4-17(5-3-15)27-20-13-21-7-8-23-20/h2-5,7-8,12-14,16,19,24H,6,9-11H2,1H3/t16-,19+/m1/s1. The molecule has 1 aliphatic heterocycles. The number of benzene rings is 1. The summed E-state index contributed by atoms with van der Waals surface area (Å²) in [4.78, 5) is 12.3. The fourth-order valence-electron chi connectivity index (χ4n) is 3.26. The summed E-state index contributed by atoms with van der Waals surface area (Å²) in [6.07, 6.45) is 10.6. The third-order valence-electron chi connectivity index (χ3n) is 4.75. The Bertz CT molecular complexity index is 850. The summed E-state index contributed by atoms with van der Waals surface area (Å²) in [5.41, 5.74) is 2.34. The van der Waals surface area contributed by atoms with Crippen LogP contribution in [0.15, 0.2) is 55.4 Å². The summed E-state index contributed by atoms with van der Waals surface area (Å²) in [6.45, 7) is 1.58. The molecule has 0 spiro atoms. The van der Waals surface area contributed by atoms with Gasteiger partial charge in [0.1, 0.15) is 11.9 Å². The van der Waals surface area contributed by atoms with Gasteiger partial charge in [-0.25, -0.2) is 9.97 Å². The minimum Gasteiger partial charge on any atom is -0.438 e. The monoisotopic (exact) mass is 365 g/mol. The largest absolute Gasteiger partial charge is 0.438 e. The molecule has 3 heterocycles. The van der Waals surface area contributed by atoms with Gasteiger partial charge in [-0.1, -0.05) is 12.1 Å². The molecule has 140 valence electrons. The fraction of sp³-hybridized carbons (Fsp3) is 0.350. The first-order chi connectivity index (χ1) is 13.3. The smallest absolute Gasteiger partial charge is 0.237 e. The SMILES string of the molecule is Cn1cncc1[C@@H]1C[C@H](NCc2ccc(Oc3cnccn3)cc2)CCO1. The Kier molecular flexibility index (Phi) is 5.41. The maximum Gasteiger partial charge on any atom is 0.237 e. The number of hydrogen-bond donors (Lipinski definition) is 1. The van der Waals surface area contributed by atoms with Crippen molar-refractivity contribution < 1.29 is 9.47 Å². The number of aryl methyl sites for hydroxylation is 1. The molecule has 1 saturated heterocycles. The van der Waals surface area contributed by atoms with Crippen LogP contribution in [0.5, 0.6) is 11.6 Å². The minimum absolute atomic E-state index is 0.103. The van der Waals surface area contributed by atoms with Crippen molar-refractivity contribution in [2.24, 2.45) is 7.05 Å². The number of aromatic nitrogens is 4. The van der Waals surface area contributed by atoms with E-state index >= 15 is 0 Å². The first-order valence-electron chi connectivity index (χ1n) is 9.12. The van der Waals surface area contributed by atoms with E-state index < -0.39 is 0 Å². The van der Waals surface area contributed by atoms with Gasteiger partial charge < -0.3 is 19.4 Å². The summed E-state index contributed by atoms with van der Waals surface area (Å²) in [7, 11) is 2.01. The van der Waals surface area contributed by atoms with Gasteiger partial charge in [0.15, 0.2) is 0 Å². The van der Waals surface area contributed by atoms with Crippen LogP contribution in [0.3, 0.4) is 0 Å². The zero-order valence-corrected chi connectivity index (χ0v) is 15.3. The van der Waals surface area contributed by atoms with E-state index in [4.69, 9.17) is 9.47 Å². The first kappa shape index (κ1) is 17.6. The highest BCUT2D eigenvalue weighted by atomic mass is 16.5. The third kappa shape index (κ3) is 4.50.